The molecular formula is C12H14N2O3S2. The molecule has 0 N–H and O–H groups in total. The molecule has 0 unspecified atom stereocenters. The van der Waals surface area contributed by atoms with E-state index in [1.807, 2.05) is 6.92 Å². The third-order valence-electron chi connectivity index (χ3n) is 2.66. The van der Waals surface area contributed by atoms with Gasteiger partial charge in [0.1, 0.15) is 4.83 Å². The molecule has 0 aromatic carbocycles. The lowest BCUT2D eigenvalue weighted by atomic mass is 10.3. The normalized spacial score (nSPS) is 11.9. The molecule has 0 saturated carbocycles. The highest BCUT2D eigenvalue weighted by Gasteiger charge is 2.19. The number of hydrogen-bond acceptors (Lipinski definition) is 5. The molecule has 7 heteroatoms. The van der Waals surface area contributed by atoms with E-state index in [1.165, 1.54) is 17.4 Å². The molecule has 102 valence electrons. The van der Waals surface area contributed by atoms with Gasteiger partial charge < -0.3 is 0 Å². The van der Waals surface area contributed by atoms with E-state index < -0.39 is 9.84 Å². The van der Waals surface area contributed by atoms with Crippen molar-refractivity contribution >= 4 is 31.4 Å². The first-order valence-electron chi connectivity index (χ1n) is 5.72. The van der Waals surface area contributed by atoms with Gasteiger partial charge in [0.05, 0.1) is 5.39 Å². The fraction of sp³-hybridized carbons (Fsp3) is 0.333. The van der Waals surface area contributed by atoms with Gasteiger partial charge in [0.15, 0.2) is 0 Å². The zero-order valence-electron chi connectivity index (χ0n) is 10.7. The van der Waals surface area contributed by atoms with Gasteiger partial charge in [0, 0.05) is 17.7 Å². The minimum absolute atomic E-state index is 0.126. The van der Waals surface area contributed by atoms with Crippen molar-refractivity contribution in [2.75, 3.05) is 6.26 Å². The van der Waals surface area contributed by atoms with Crippen LogP contribution in [-0.4, -0.2) is 24.2 Å². The predicted octanol–water partition coefficient (Wildman–Crippen LogP) is 1.61. The molecule has 0 bridgehead atoms. The van der Waals surface area contributed by atoms with E-state index in [0.29, 0.717) is 10.2 Å². The molecule has 0 atom stereocenters. The minimum Gasteiger partial charge on any atom is -0.279 e. The summed E-state index contributed by atoms with van der Waals surface area (Å²) < 4.78 is 24.6. The summed E-state index contributed by atoms with van der Waals surface area (Å²) >= 11 is 1.35. The highest BCUT2D eigenvalue weighted by molar-refractivity contribution is 7.90. The fourth-order valence-electron chi connectivity index (χ4n) is 1.79. The molecule has 5 nitrogen and oxygen atoms in total. The molecule has 0 saturated heterocycles. The smallest absolute Gasteiger partial charge is 0.263 e. The van der Waals surface area contributed by atoms with Gasteiger partial charge in [-0.2, -0.15) is 0 Å². The Morgan fingerprint density at radius 1 is 1.53 bits per heavy atom. The number of rotatable bonds is 4. The van der Waals surface area contributed by atoms with Crippen molar-refractivity contribution in [3.05, 3.63) is 34.0 Å². The Bertz CT molecular complexity index is 800. The standard InChI is InChI=1S/C12H14N2O3S2/c1-4-6-14-11(15)9-7-8(5-2)18-10(9)13-12(14)19(3,16)17/h4,7H,1,5-6H2,2-3H3. The predicted molar refractivity (Wildman–Crippen MR) is 76.6 cm³/mol. The Kier molecular flexibility index (Phi) is 3.60. The van der Waals surface area contributed by atoms with E-state index in [-0.39, 0.29) is 17.3 Å². The number of thiophene rings is 1. The Labute approximate surface area is 115 Å². The summed E-state index contributed by atoms with van der Waals surface area (Å²) in [5.41, 5.74) is -0.332. The van der Waals surface area contributed by atoms with Crippen LogP contribution < -0.4 is 5.56 Å². The summed E-state index contributed by atoms with van der Waals surface area (Å²) in [5, 5.41) is 0.269. The summed E-state index contributed by atoms with van der Waals surface area (Å²) in [4.78, 5) is 18.0. The average molecular weight is 298 g/mol. The van der Waals surface area contributed by atoms with E-state index in [9.17, 15) is 13.2 Å². The van der Waals surface area contributed by atoms with Crippen molar-refractivity contribution in [3.8, 4) is 0 Å². The van der Waals surface area contributed by atoms with Crippen molar-refractivity contribution in [2.45, 2.75) is 25.0 Å². The van der Waals surface area contributed by atoms with Crippen LogP contribution in [0.25, 0.3) is 10.2 Å². The van der Waals surface area contributed by atoms with E-state index in [0.717, 1.165) is 22.1 Å². The van der Waals surface area contributed by atoms with Gasteiger partial charge in [-0.15, -0.1) is 17.9 Å². The van der Waals surface area contributed by atoms with Crippen LogP contribution >= 0.6 is 11.3 Å². The van der Waals surface area contributed by atoms with Gasteiger partial charge in [-0.05, 0) is 12.5 Å². The maximum absolute atomic E-state index is 12.3. The van der Waals surface area contributed by atoms with E-state index >= 15 is 0 Å². The number of aryl methyl sites for hydroxylation is 1. The number of allylic oxidation sites excluding steroid dienone is 1. The SMILES string of the molecule is C=CCn1c(S(C)(=O)=O)nc2sc(CC)cc2c1=O. The van der Waals surface area contributed by atoms with Crippen LogP contribution in [0.4, 0.5) is 0 Å². The maximum atomic E-state index is 12.3. The summed E-state index contributed by atoms with van der Waals surface area (Å²) in [6.07, 6.45) is 3.32. The second-order valence-electron chi connectivity index (χ2n) is 4.16. The molecule has 0 radical (unpaired) electrons. The lowest BCUT2D eigenvalue weighted by molar-refractivity contribution is 0.570. The largest absolute Gasteiger partial charge is 0.279 e. The van der Waals surface area contributed by atoms with Crippen molar-refractivity contribution < 1.29 is 8.42 Å². The molecule has 0 spiro atoms. The second kappa shape index (κ2) is 4.90. The van der Waals surface area contributed by atoms with E-state index in [4.69, 9.17) is 0 Å². The Morgan fingerprint density at radius 2 is 2.21 bits per heavy atom. The molecule has 0 amide bonds. The van der Waals surface area contributed by atoms with Gasteiger partial charge in [0.2, 0.25) is 15.0 Å². The molecule has 0 aliphatic heterocycles. The van der Waals surface area contributed by atoms with Gasteiger partial charge in [-0.25, -0.2) is 13.4 Å². The Hall–Kier alpha value is -1.47. The molecule has 0 fully saturated rings. The molecule has 0 aliphatic rings. The van der Waals surface area contributed by atoms with Crippen LogP contribution in [0.15, 0.2) is 28.7 Å². The number of sulfone groups is 1. The average Bonchev–Trinajstić information content (AvgIpc) is 2.75. The number of fused-ring (bicyclic) bond motifs is 1. The second-order valence-corrected chi connectivity index (χ2v) is 7.18. The zero-order chi connectivity index (χ0) is 14.2. The lowest BCUT2D eigenvalue weighted by Gasteiger charge is -2.07. The first-order chi connectivity index (χ1) is 8.88. The summed E-state index contributed by atoms with van der Waals surface area (Å²) in [6, 6.07) is 1.78. The van der Waals surface area contributed by atoms with Crippen molar-refractivity contribution in [1.82, 2.24) is 9.55 Å². The first kappa shape index (κ1) is 14.0. The fourth-order valence-corrected chi connectivity index (χ4v) is 3.62. The van der Waals surface area contributed by atoms with Gasteiger partial charge in [0.25, 0.3) is 5.56 Å². The van der Waals surface area contributed by atoms with Crippen LogP contribution in [0.1, 0.15) is 11.8 Å². The molecule has 2 rings (SSSR count). The van der Waals surface area contributed by atoms with Crippen molar-refractivity contribution in [1.29, 1.82) is 0 Å². The van der Waals surface area contributed by atoms with Crippen LogP contribution in [0.2, 0.25) is 0 Å². The van der Waals surface area contributed by atoms with Crippen LogP contribution in [-0.2, 0) is 22.8 Å². The highest BCUT2D eigenvalue weighted by Crippen LogP contribution is 2.23. The summed E-state index contributed by atoms with van der Waals surface area (Å²) in [5.74, 6) is 0. The monoisotopic (exact) mass is 298 g/mol. The number of aromatic nitrogens is 2. The zero-order valence-corrected chi connectivity index (χ0v) is 12.3. The number of hydrogen-bond donors (Lipinski definition) is 0. The molecule has 19 heavy (non-hydrogen) atoms. The van der Waals surface area contributed by atoms with Crippen LogP contribution in [0.3, 0.4) is 0 Å². The summed E-state index contributed by atoms with van der Waals surface area (Å²) in [6.45, 7) is 5.65. The Balaban J connectivity index is 2.91. The Morgan fingerprint density at radius 3 is 2.74 bits per heavy atom. The van der Waals surface area contributed by atoms with Crippen molar-refractivity contribution in [3.63, 3.8) is 0 Å². The molecule has 2 heterocycles. The minimum atomic E-state index is -3.56. The van der Waals surface area contributed by atoms with Crippen molar-refractivity contribution in [2.24, 2.45) is 0 Å². The third-order valence-corrected chi connectivity index (χ3v) is 4.81. The maximum Gasteiger partial charge on any atom is 0.263 e. The molecule has 2 aromatic rings. The number of nitrogens with zero attached hydrogens (tertiary/aromatic N) is 2. The van der Waals surface area contributed by atoms with Gasteiger partial charge in [-0.3, -0.25) is 9.36 Å². The van der Waals surface area contributed by atoms with Gasteiger partial charge in [-0.1, -0.05) is 13.0 Å². The van der Waals surface area contributed by atoms with Gasteiger partial charge >= 0.3 is 0 Å². The van der Waals surface area contributed by atoms with E-state index in [1.54, 1.807) is 6.07 Å². The lowest BCUT2D eigenvalue weighted by Crippen LogP contribution is -2.26. The molecule has 2 aromatic heterocycles. The van der Waals surface area contributed by atoms with Crippen LogP contribution in [0, 0.1) is 0 Å². The van der Waals surface area contributed by atoms with Crippen LogP contribution in [0.5, 0.6) is 0 Å². The highest BCUT2D eigenvalue weighted by atomic mass is 32.2. The first-order valence-corrected chi connectivity index (χ1v) is 8.43. The molecule has 0 aliphatic carbocycles. The third kappa shape index (κ3) is 2.48. The summed E-state index contributed by atoms with van der Waals surface area (Å²) in [7, 11) is -3.56. The topological polar surface area (TPSA) is 69.0 Å². The van der Waals surface area contributed by atoms with E-state index in [2.05, 4.69) is 11.6 Å². The molecular weight excluding hydrogens is 284 g/mol. The quantitative estimate of drug-likeness (QED) is 0.635.